The second-order valence-corrected chi connectivity index (χ2v) is 29.7. The van der Waals surface area contributed by atoms with Crippen molar-refractivity contribution < 1.29 is 129 Å². The lowest BCUT2D eigenvalue weighted by Crippen LogP contribution is -2.31. The van der Waals surface area contributed by atoms with E-state index < -0.39 is 150 Å². The minimum Gasteiger partial charge on any atom is -0.508 e. The van der Waals surface area contributed by atoms with Gasteiger partial charge in [-0.1, -0.05) is 0 Å². The van der Waals surface area contributed by atoms with Crippen LogP contribution in [0.25, 0.3) is 0 Å². The van der Waals surface area contributed by atoms with Gasteiger partial charge in [0.05, 0.1) is 58.2 Å². The van der Waals surface area contributed by atoms with Crippen LogP contribution < -0.4 is 41.8 Å². The molecular formula is C66H51F16N9O13S6. The van der Waals surface area contributed by atoms with Crippen molar-refractivity contribution in [3.8, 4) is 51.7 Å². The third kappa shape index (κ3) is 21.3. The summed E-state index contributed by atoms with van der Waals surface area (Å²) in [6, 6.07) is 19.7. The van der Waals surface area contributed by atoms with E-state index in [4.69, 9.17) is 33.5 Å². The first-order valence-electron chi connectivity index (χ1n) is 30.0. The molecule has 0 unspecified atom stereocenters. The molecule has 0 aliphatic rings. The number of methoxy groups -OCH3 is 4. The second kappa shape index (κ2) is 34.8. The van der Waals surface area contributed by atoms with Crippen molar-refractivity contribution in [3.63, 3.8) is 0 Å². The van der Waals surface area contributed by atoms with E-state index in [0.29, 0.717) is 106 Å². The Hall–Kier alpha value is -10.8. The molecule has 2 N–H and O–H groups in total. The maximum atomic E-state index is 15.3. The van der Waals surface area contributed by atoms with E-state index in [2.05, 4.69) is 28.1 Å². The topological polar surface area (TPSA) is 274 Å². The zero-order valence-electron chi connectivity index (χ0n) is 56.7. The average molecular weight is 1670 g/mol. The van der Waals surface area contributed by atoms with Crippen molar-refractivity contribution in [2.45, 2.75) is 67.1 Å². The number of hydrogen-bond acceptors (Lipinski definition) is 22. The van der Waals surface area contributed by atoms with Crippen LogP contribution in [-0.4, -0.2) is 86.9 Å². The summed E-state index contributed by atoms with van der Waals surface area (Å²) in [7, 11) is -8.34. The number of anilines is 3. The first-order valence-corrected chi connectivity index (χ1v) is 36.7. The fourth-order valence-corrected chi connectivity index (χ4v) is 15.5. The van der Waals surface area contributed by atoms with Crippen molar-refractivity contribution in [2.75, 3.05) is 41.8 Å². The van der Waals surface area contributed by atoms with Gasteiger partial charge in [-0.3, -0.25) is 4.72 Å². The van der Waals surface area contributed by atoms with Gasteiger partial charge in [0.15, 0.2) is 34.8 Å². The smallest absolute Gasteiger partial charge is 0.416 e. The normalized spacial score (nSPS) is 11.7. The molecule has 11 rings (SSSR count). The Balaban J connectivity index is 0.000000195. The number of nitrogens with zero attached hydrogens (tertiary/aromatic N) is 8. The molecule has 0 aliphatic carbocycles. The highest BCUT2D eigenvalue weighted by Gasteiger charge is 2.37. The molecule has 110 heavy (non-hydrogen) atoms. The zero-order valence-corrected chi connectivity index (χ0v) is 61.6. The van der Waals surface area contributed by atoms with Gasteiger partial charge in [0.2, 0.25) is 15.4 Å². The molecule has 586 valence electrons. The number of sulfonamides is 3. The van der Waals surface area contributed by atoms with Crippen molar-refractivity contribution in [2.24, 2.45) is 0 Å². The summed E-state index contributed by atoms with van der Waals surface area (Å²) in [6.07, 6.45) is -10.5. The van der Waals surface area contributed by atoms with Crippen LogP contribution in [0.3, 0.4) is 0 Å². The van der Waals surface area contributed by atoms with E-state index >= 15 is 8.78 Å². The first-order chi connectivity index (χ1) is 51.4. The summed E-state index contributed by atoms with van der Waals surface area (Å²) in [5.74, 6) is -11.1. The van der Waals surface area contributed by atoms with Gasteiger partial charge in [-0.25, -0.2) is 79.5 Å². The summed E-state index contributed by atoms with van der Waals surface area (Å²) in [5, 5.41) is 8.46. The standard InChI is InChI=1S/C25H20F5N3O5S2.C17H14F3N3O4S2.C16H10F5N3O3S2.C8H7F3O/c1-14-6-16(25(28,29)30)8-18(7-14)38-22-10-20(27)23(11-19(22)26)40(34,35)33(24-31-13-32-39-24)12-15-4-5-17(36-2)9-21(15)37-3;1-26-11-4-3-10(15(5-11)27-2)8-23(17-21-9-22-28-17)29(24,25)16-7-13(19)12(18)6-14(16)20;1-8-2-9(16(19,20)21)4-10(3-8)27-13-5-12(18)14(6-11(13)17)29(25,26)24-15-22-7-23-28-15;1-5-2-6(8(9,10)11)4-7(12)3-5/h4-11,13H,12H2,1-3H3;3-7,9H,8H2,1-2H3;2-7H,1H3,(H,22,23,24);2-4,12H,1H3. The molecule has 3 heterocycles. The largest absolute Gasteiger partial charge is 0.508 e. The SMILES string of the molecule is COc1ccc(CN(c2ncns2)S(=O)(=O)c2cc(F)c(F)cc2F)c(OC)c1.COc1ccc(CN(c2ncns2)S(=O)(=O)c2cc(F)c(Oc3cc(C)cc(C(F)(F)F)c3)cc2F)c(OC)c1.Cc1cc(O)cc(C(F)(F)F)c1.Cc1cc(Oc2cc(F)c(S(=O)(=O)Nc3ncns3)cc2F)cc(C(F)(F)F)c1. The molecule has 0 aliphatic heterocycles. The monoisotopic (exact) mass is 1670 g/mol. The third-order valence-corrected chi connectivity index (χ3v) is 21.5. The van der Waals surface area contributed by atoms with Gasteiger partial charge in [-0.05, 0) is 116 Å². The van der Waals surface area contributed by atoms with Gasteiger partial charge in [-0.2, -0.15) is 52.6 Å². The van der Waals surface area contributed by atoms with Crippen LogP contribution in [0.1, 0.15) is 44.5 Å². The lowest BCUT2D eigenvalue weighted by molar-refractivity contribution is -0.138. The molecule has 0 radical (unpaired) electrons. The van der Waals surface area contributed by atoms with Crippen molar-refractivity contribution >= 4 is 80.1 Å². The molecule has 3 aromatic heterocycles. The molecule has 0 amide bonds. The van der Waals surface area contributed by atoms with Gasteiger partial charge in [0.25, 0.3) is 30.1 Å². The Morgan fingerprint density at radius 3 is 1.15 bits per heavy atom. The summed E-state index contributed by atoms with van der Waals surface area (Å²) < 4.78 is 338. The molecule has 0 fully saturated rings. The van der Waals surface area contributed by atoms with Crippen LogP contribution in [-0.2, 0) is 61.7 Å². The summed E-state index contributed by atoms with van der Waals surface area (Å²) in [5.41, 5.74) is -1.43. The number of nitrogens with one attached hydrogen (secondary N) is 1. The number of aryl methyl sites for hydroxylation is 3. The molecule has 8 aromatic carbocycles. The van der Waals surface area contributed by atoms with Gasteiger partial charge in [-0.15, -0.1) is 0 Å². The number of hydrogen-bond donors (Lipinski definition) is 2. The number of ether oxygens (including phenoxy) is 6. The van der Waals surface area contributed by atoms with Gasteiger partial charge < -0.3 is 33.5 Å². The van der Waals surface area contributed by atoms with E-state index in [9.17, 15) is 86.7 Å². The van der Waals surface area contributed by atoms with Crippen LogP contribution in [0.15, 0.2) is 161 Å². The van der Waals surface area contributed by atoms with E-state index in [1.54, 1.807) is 24.3 Å². The first kappa shape index (κ1) is 84.8. The number of rotatable bonds is 21. The Morgan fingerprint density at radius 1 is 0.400 bits per heavy atom. The number of phenols is 1. The molecular weight excluding hydrogens is 1620 g/mol. The maximum absolute atomic E-state index is 15.3. The van der Waals surface area contributed by atoms with Gasteiger partial charge >= 0.3 is 18.5 Å². The predicted octanol–water partition coefficient (Wildman–Crippen LogP) is 17.2. The zero-order chi connectivity index (χ0) is 81.2. The highest BCUT2D eigenvalue weighted by Crippen LogP contribution is 2.41. The number of aromatic hydroxyl groups is 1. The molecule has 0 bridgehead atoms. The Bertz CT molecular complexity index is 5430. The van der Waals surface area contributed by atoms with Gasteiger partial charge in [0.1, 0.15) is 91.4 Å². The molecule has 0 saturated carbocycles. The van der Waals surface area contributed by atoms with E-state index in [0.717, 1.165) is 57.3 Å². The number of benzene rings is 8. The highest BCUT2D eigenvalue weighted by atomic mass is 32.2. The predicted molar refractivity (Wildman–Crippen MR) is 366 cm³/mol. The van der Waals surface area contributed by atoms with Crippen LogP contribution in [0, 0.1) is 61.5 Å². The Morgan fingerprint density at radius 2 is 0.773 bits per heavy atom. The Labute approximate surface area is 626 Å². The molecule has 22 nitrogen and oxygen atoms in total. The minimum atomic E-state index is -4.80. The number of phenolic OH excluding ortho intramolecular Hbond substituents is 1. The third-order valence-electron chi connectivity index (χ3n) is 14.3. The molecule has 44 heteroatoms. The van der Waals surface area contributed by atoms with Crippen molar-refractivity contribution in [3.05, 3.63) is 232 Å². The summed E-state index contributed by atoms with van der Waals surface area (Å²) in [6.45, 7) is 3.51. The summed E-state index contributed by atoms with van der Waals surface area (Å²) >= 11 is 2.12. The molecule has 0 saturated heterocycles. The van der Waals surface area contributed by atoms with Crippen molar-refractivity contribution in [1.82, 2.24) is 28.1 Å². The van der Waals surface area contributed by atoms with E-state index in [-0.39, 0.29) is 50.6 Å². The fraction of sp³-hybridized carbons (Fsp3) is 0.182. The number of aromatic nitrogens is 6. The van der Waals surface area contributed by atoms with Crippen molar-refractivity contribution in [1.29, 1.82) is 0 Å². The lowest BCUT2D eigenvalue weighted by Gasteiger charge is -2.23. The summed E-state index contributed by atoms with van der Waals surface area (Å²) in [4.78, 5) is 8.23. The second-order valence-electron chi connectivity index (χ2n) is 22.1. The van der Waals surface area contributed by atoms with Crippen LogP contribution in [0.4, 0.5) is 85.6 Å². The maximum Gasteiger partial charge on any atom is 0.416 e. The lowest BCUT2D eigenvalue weighted by atomic mass is 10.1. The quantitative estimate of drug-likeness (QED) is 0.0499. The molecule has 11 aromatic rings. The molecule has 0 spiro atoms. The average Bonchev–Trinajstić information content (AvgIpc) is 1.12. The van der Waals surface area contributed by atoms with E-state index in [1.165, 1.54) is 79.5 Å². The Kier molecular flexibility index (Phi) is 26.8. The number of halogens is 16. The van der Waals surface area contributed by atoms with Crippen LogP contribution >= 0.6 is 34.6 Å². The van der Waals surface area contributed by atoms with Gasteiger partial charge in [0, 0.05) is 94.3 Å². The highest BCUT2D eigenvalue weighted by molar-refractivity contribution is 7.93. The molecule has 0 atom stereocenters. The van der Waals surface area contributed by atoms with Crippen LogP contribution in [0.5, 0.6) is 51.7 Å². The van der Waals surface area contributed by atoms with Crippen LogP contribution in [0.2, 0.25) is 0 Å². The number of alkyl halides is 9. The minimum absolute atomic E-state index is 0.0907. The van der Waals surface area contributed by atoms with E-state index in [1.807, 2.05) is 4.72 Å². The fourth-order valence-electron chi connectivity index (χ4n) is 9.37.